The van der Waals surface area contributed by atoms with E-state index in [1.807, 2.05) is 17.5 Å². The van der Waals surface area contributed by atoms with Crippen LogP contribution in [0, 0.1) is 17.6 Å². The molecular weight excluding hydrogens is 384 g/mol. The van der Waals surface area contributed by atoms with Crippen molar-refractivity contribution in [2.24, 2.45) is 5.92 Å². The Bertz CT molecular complexity index is 1020. The SMILES string of the molecule is O=C(Nc1ccc(-c2nccs2)cc1)[C@H]1CC(=O)N(c2ccc(F)cc2F)C1. The van der Waals surface area contributed by atoms with Crippen LogP contribution in [0.25, 0.3) is 10.6 Å². The first kappa shape index (κ1) is 18.2. The highest BCUT2D eigenvalue weighted by atomic mass is 32.1. The average Bonchev–Trinajstić information content (AvgIpc) is 3.33. The number of nitrogens with zero attached hydrogens (tertiary/aromatic N) is 2. The van der Waals surface area contributed by atoms with Gasteiger partial charge >= 0.3 is 0 Å². The Morgan fingerprint density at radius 1 is 1.18 bits per heavy atom. The number of carbonyl (C=O) groups excluding carboxylic acids is 2. The Labute approximate surface area is 163 Å². The van der Waals surface area contributed by atoms with E-state index >= 15 is 0 Å². The van der Waals surface area contributed by atoms with Gasteiger partial charge in [-0.15, -0.1) is 11.3 Å². The molecule has 5 nitrogen and oxygen atoms in total. The van der Waals surface area contributed by atoms with Gasteiger partial charge in [-0.05, 0) is 36.4 Å². The lowest BCUT2D eigenvalue weighted by Gasteiger charge is -2.17. The number of hydrogen-bond acceptors (Lipinski definition) is 4. The van der Waals surface area contributed by atoms with Crippen LogP contribution < -0.4 is 10.2 Å². The molecule has 0 radical (unpaired) electrons. The van der Waals surface area contributed by atoms with Gasteiger partial charge in [-0.25, -0.2) is 13.8 Å². The number of aromatic nitrogens is 1. The topological polar surface area (TPSA) is 62.3 Å². The van der Waals surface area contributed by atoms with Crippen LogP contribution in [-0.4, -0.2) is 23.3 Å². The van der Waals surface area contributed by atoms with Crippen molar-refractivity contribution in [1.82, 2.24) is 4.98 Å². The molecule has 0 unspecified atom stereocenters. The molecule has 1 fully saturated rings. The summed E-state index contributed by atoms with van der Waals surface area (Å²) in [7, 11) is 0. The predicted molar refractivity (Wildman–Crippen MR) is 103 cm³/mol. The quantitative estimate of drug-likeness (QED) is 0.719. The maximum atomic E-state index is 14.0. The van der Waals surface area contributed by atoms with Crippen molar-refractivity contribution < 1.29 is 18.4 Å². The number of carbonyl (C=O) groups is 2. The van der Waals surface area contributed by atoms with Crippen LogP contribution in [0.2, 0.25) is 0 Å². The van der Waals surface area contributed by atoms with Crippen molar-refractivity contribution in [2.45, 2.75) is 6.42 Å². The summed E-state index contributed by atoms with van der Waals surface area (Å²) in [6.45, 7) is 0.0460. The summed E-state index contributed by atoms with van der Waals surface area (Å²) in [5.41, 5.74) is 1.53. The van der Waals surface area contributed by atoms with Crippen LogP contribution in [0.5, 0.6) is 0 Å². The fourth-order valence-electron chi connectivity index (χ4n) is 3.12. The maximum absolute atomic E-state index is 14.0. The first-order chi connectivity index (χ1) is 13.5. The molecule has 1 N–H and O–H groups in total. The number of rotatable bonds is 4. The molecule has 0 aliphatic carbocycles. The molecule has 0 spiro atoms. The van der Waals surface area contributed by atoms with E-state index in [0.717, 1.165) is 22.7 Å². The molecule has 1 aliphatic heterocycles. The lowest BCUT2D eigenvalue weighted by Crippen LogP contribution is -2.28. The summed E-state index contributed by atoms with van der Waals surface area (Å²) in [4.78, 5) is 30.2. The minimum absolute atomic E-state index is 0.0190. The molecule has 0 bridgehead atoms. The van der Waals surface area contributed by atoms with Gasteiger partial charge in [0.1, 0.15) is 16.6 Å². The van der Waals surface area contributed by atoms with E-state index in [0.29, 0.717) is 5.69 Å². The van der Waals surface area contributed by atoms with Gasteiger partial charge < -0.3 is 10.2 Å². The molecule has 1 aromatic heterocycles. The Kier molecular flexibility index (Phi) is 4.87. The molecule has 28 heavy (non-hydrogen) atoms. The van der Waals surface area contributed by atoms with Crippen molar-refractivity contribution in [2.75, 3.05) is 16.8 Å². The average molecular weight is 399 g/mol. The van der Waals surface area contributed by atoms with Crippen LogP contribution in [0.15, 0.2) is 54.0 Å². The molecule has 4 rings (SSSR count). The molecular formula is C20H15F2N3O2S. The number of halogens is 2. The Balaban J connectivity index is 1.43. The number of nitrogens with one attached hydrogen (secondary N) is 1. The van der Waals surface area contributed by atoms with Crippen LogP contribution in [0.1, 0.15) is 6.42 Å². The third kappa shape index (κ3) is 3.63. The smallest absolute Gasteiger partial charge is 0.229 e. The van der Waals surface area contributed by atoms with Gasteiger partial charge in [0.25, 0.3) is 0 Å². The molecule has 1 saturated heterocycles. The number of benzene rings is 2. The van der Waals surface area contributed by atoms with Gasteiger partial charge in [0.05, 0.1) is 11.6 Å². The molecule has 8 heteroatoms. The van der Waals surface area contributed by atoms with E-state index in [-0.39, 0.29) is 30.5 Å². The number of amides is 2. The van der Waals surface area contributed by atoms with E-state index in [4.69, 9.17) is 0 Å². The number of thiazole rings is 1. The summed E-state index contributed by atoms with van der Waals surface area (Å²) >= 11 is 1.52. The van der Waals surface area contributed by atoms with Gasteiger partial charge in [-0.1, -0.05) is 0 Å². The second-order valence-corrected chi connectivity index (χ2v) is 7.30. The molecule has 1 aliphatic rings. The highest BCUT2D eigenvalue weighted by Crippen LogP contribution is 2.29. The normalized spacial score (nSPS) is 16.4. The third-order valence-corrected chi connectivity index (χ3v) is 5.35. The van der Waals surface area contributed by atoms with E-state index in [2.05, 4.69) is 10.3 Å². The van der Waals surface area contributed by atoms with Crippen molar-refractivity contribution >= 4 is 34.5 Å². The number of hydrogen-bond donors (Lipinski definition) is 1. The molecule has 2 aromatic carbocycles. The zero-order valence-electron chi connectivity index (χ0n) is 14.6. The second-order valence-electron chi connectivity index (χ2n) is 6.40. The fraction of sp³-hybridized carbons (Fsp3) is 0.150. The van der Waals surface area contributed by atoms with Gasteiger partial charge in [0, 0.05) is 41.9 Å². The van der Waals surface area contributed by atoms with E-state index in [1.165, 1.54) is 22.3 Å². The summed E-state index contributed by atoms with van der Waals surface area (Å²) < 4.78 is 27.1. The molecule has 2 heterocycles. The van der Waals surface area contributed by atoms with E-state index < -0.39 is 17.6 Å². The standard InChI is InChI=1S/C20H15F2N3O2S/c21-14-3-6-17(16(22)10-14)25-11-13(9-18(25)26)19(27)24-15-4-1-12(2-5-15)20-23-7-8-28-20/h1-8,10,13H,9,11H2,(H,24,27)/t13-/m0/s1. The monoisotopic (exact) mass is 399 g/mol. The van der Waals surface area contributed by atoms with Crippen molar-refractivity contribution in [3.8, 4) is 10.6 Å². The largest absolute Gasteiger partial charge is 0.326 e. The Morgan fingerprint density at radius 3 is 2.64 bits per heavy atom. The van der Waals surface area contributed by atoms with Crippen molar-refractivity contribution in [1.29, 1.82) is 0 Å². The molecule has 3 aromatic rings. The first-order valence-corrected chi connectivity index (χ1v) is 9.45. The van der Waals surface area contributed by atoms with E-state index in [9.17, 15) is 18.4 Å². The summed E-state index contributed by atoms with van der Waals surface area (Å²) in [5.74, 6) is -2.85. The maximum Gasteiger partial charge on any atom is 0.229 e. The lowest BCUT2D eigenvalue weighted by atomic mass is 10.1. The Morgan fingerprint density at radius 2 is 1.96 bits per heavy atom. The summed E-state index contributed by atoms with van der Waals surface area (Å²) in [6.07, 6.45) is 1.70. The van der Waals surface area contributed by atoms with E-state index in [1.54, 1.807) is 18.3 Å². The molecule has 142 valence electrons. The van der Waals surface area contributed by atoms with Gasteiger partial charge in [-0.3, -0.25) is 9.59 Å². The van der Waals surface area contributed by atoms with Crippen LogP contribution in [0.4, 0.5) is 20.2 Å². The predicted octanol–water partition coefficient (Wildman–Crippen LogP) is 4.08. The van der Waals surface area contributed by atoms with Gasteiger partial charge in [-0.2, -0.15) is 0 Å². The zero-order chi connectivity index (χ0) is 19.7. The zero-order valence-corrected chi connectivity index (χ0v) is 15.4. The lowest BCUT2D eigenvalue weighted by molar-refractivity contribution is -0.122. The fourth-order valence-corrected chi connectivity index (χ4v) is 3.77. The van der Waals surface area contributed by atoms with Crippen molar-refractivity contribution in [3.05, 3.63) is 65.7 Å². The molecule has 1 atom stereocenters. The van der Waals surface area contributed by atoms with Crippen LogP contribution in [0.3, 0.4) is 0 Å². The summed E-state index contributed by atoms with van der Waals surface area (Å²) in [6, 6.07) is 10.3. The first-order valence-electron chi connectivity index (χ1n) is 8.57. The number of anilines is 2. The highest BCUT2D eigenvalue weighted by Gasteiger charge is 2.36. The van der Waals surface area contributed by atoms with Crippen LogP contribution >= 0.6 is 11.3 Å². The molecule has 0 saturated carbocycles. The highest BCUT2D eigenvalue weighted by molar-refractivity contribution is 7.13. The minimum Gasteiger partial charge on any atom is -0.326 e. The molecule has 2 amide bonds. The summed E-state index contributed by atoms with van der Waals surface area (Å²) in [5, 5.41) is 5.56. The van der Waals surface area contributed by atoms with Gasteiger partial charge in [0.15, 0.2) is 0 Å². The van der Waals surface area contributed by atoms with Crippen molar-refractivity contribution in [3.63, 3.8) is 0 Å². The van der Waals surface area contributed by atoms with Crippen LogP contribution in [-0.2, 0) is 9.59 Å². The Hall–Kier alpha value is -3.13. The van der Waals surface area contributed by atoms with Gasteiger partial charge in [0.2, 0.25) is 11.8 Å². The minimum atomic E-state index is -0.827. The third-order valence-electron chi connectivity index (χ3n) is 4.53. The second kappa shape index (κ2) is 7.47.